The average Bonchev–Trinajstić information content (AvgIpc) is 2.98. The van der Waals surface area contributed by atoms with Crippen molar-refractivity contribution in [1.82, 2.24) is 20.1 Å². The lowest BCUT2D eigenvalue weighted by molar-refractivity contribution is -0.118. The van der Waals surface area contributed by atoms with Gasteiger partial charge in [-0.15, -0.1) is 10.2 Å². The highest BCUT2D eigenvalue weighted by molar-refractivity contribution is 7.99. The first-order valence-electron chi connectivity index (χ1n) is 7.93. The highest BCUT2D eigenvalue weighted by Gasteiger charge is 2.10. The number of amides is 1. The van der Waals surface area contributed by atoms with E-state index in [1.165, 1.54) is 17.3 Å². The molecular formula is C17H24N4OS. The van der Waals surface area contributed by atoms with Crippen molar-refractivity contribution >= 4 is 17.7 Å². The zero-order valence-electron chi connectivity index (χ0n) is 14.0. The van der Waals surface area contributed by atoms with Crippen molar-refractivity contribution in [3.05, 3.63) is 36.2 Å². The van der Waals surface area contributed by atoms with Gasteiger partial charge in [0.2, 0.25) is 5.91 Å². The summed E-state index contributed by atoms with van der Waals surface area (Å²) in [5.74, 6) is 1.07. The molecule has 23 heavy (non-hydrogen) atoms. The van der Waals surface area contributed by atoms with Crippen molar-refractivity contribution in [1.29, 1.82) is 0 Å². The first-order valence-corrected chi connectivity index (χ1v) is 8.91. The van der Waals surface area contributed by atoms with E-state index in [2.05, 4.69) is 36.3 Å². The van der Waals surface area contributed by atoms with Gasteiger partial charge in [0.25, 0.3) is 0 Å². The van der Waals surface area contributed by atoms with Crippen LogP contribution in [0.3, 0.4) is 0 Å². The van der Waals surface area contributed by atoms with E-state index in [1.807, 2.05) is 28.8 Å². The molecule has 124 valence electrons. The summed E-state index contributed by atoms with van der Waals surface area (Å²) in [5, 5.41) is 11.7. The Labute approximate surface area is 141 Å². The summed E-state index contributed by atoms with van der Waals surface area (Å²) >= 11 is 1.40. The lowest BCUT2D eigenvalue weighted by atomic mass is 10.1. The Morgan fingerprint density at radius 2 is 2.04 bits per heavy atom. The fourth-order valence-electron chi connectivity index (χ4n) is 2.12. The van der Waals surface area contributed by atoms with Crippen LogP contribution in [0.2, 0.25) is 0 Å². The van der Waals surface area contributed by atoms with E-state index in [1.54, 1.807) is 6.33 Å². The van der Waals surface area contributed by atoms with Crippen LogP contribution in [0.4, 0.5) is 0 Å². The van der Waals surface area contributed by atoms with Crippen LogP contribution < -0.4 is 5.32 Å². The molecule has 1 heterocycles. The molecule has 0 saturated heterocycles. The molecule has 0 aliphatic carbocycles. The minimum absolute atomic E-state index is 0.0391. The Balaban J connectivity index is 1.83. The van der Waals surface area contributed by atoms with E-state index < -0.39 is 0 Å². The Morgan fingerprint density at radius 1 is 1.30 bits per heavy atom. The number of rotatable bonds is 8. The standard InChI is InChI=1S/C17H24N4OS/c1-13(2)5-4-10-18-16(22)11-23-17-20-19-12-21(17)15-8-6-14(3)7-9-15/h6-9,12-13H,4-5,10-11H2,1-3H3,(H,18,22). The van der Waals surface area contributed by atoms with Gasteiger partial charge in [0.15, 0.2) is 5.16 Å². The number of nitrogens with zero attached hydrogens (tertiary/aromatic N) is 3. The van der Waals surface area contributed by atoms with E-state index in [-0.39, 0.29) is 5.91 Å². The average molecular weight is 332 g/mol. The lowest BCUT2D eigenvalue weighted by Gasteiger charge is -2.08. The number of aryl methyl sites for hydroxylation is 1. The Hall–Kier alpha value is -1.82. The second-order valence-corrected chi connectivity index (χ2v) is 6.94. The van der Waals surface area contributed by atoms with E-state index in [0.29, 0.717) is 11.7 Å². The van der Waals surface area contributed by atoms with Crippen LogP contribution in [0.5, 0.6) is 0 Å². The minimum Gasteiger partial charge on any atom is -0.355 e. The van der Waals surface area contributed by atoms with Gasteiger partial charge >= 0.3 is 0 Å². The molecule has 2 rings (SSSR count). The van der Waals surface area contributed by atoms with Crippen molar-refractivity contribution in [2.24, 2.45) is 5.92 Å². The van der Waals surface area contributed by atoms with Gasteiger partial charge in [-0.05, 0) is 37.8 Å². The van der Waals surface area contributed by atoms with Crippen LogP contribution in [-0.2, 0) is 4.79 Å². The highest BCUT2D eigenvalue weighted by Crippen LogP contribution is 2.19. The number of nitrogens with one attached hydrogen (secondary N) is 1. The number of aromatic nitrogens is 3. The molecule has 0 spiro atoms. The van der Waals surface area contributed by atoms with E-state index >= 15 is 0 Å². The molecule has 0 atom stereocenters. The first-order chi connectivity index (χ1) is 11.1. The second-order valence-electron chi connectivity index (χ2n) is 5.99. The van der Waals surface area contributed by atoms with Gasteiger partial charge in [-0.2, -0.15) is 0 Å². The number of thioether (sulfide) groups is 1. The van der Waals surface area contributed by atoms with Crippen molar-refractivity contribution < 1.29 is 4.79 Å². The van der Waals surface area contributed by atoms with Gasteiger partial charge in [0.05, 0.1) is 5.75 Å². The molecule has 6 heteroatoms. The zero-order chi connectivity index (χ0) is 16.7. The fourth-order valence-corrected chi connectivity index (χ4v) is 2.88. The van der Waals surface area contributed by atoms with E-state index in [0.717, 1.165) is 30.2 Å². The van der Waals surface area contributed by atoms with Crippen LogP contribution in [0.25, 0.3) is 5.69 Å². The SMILES string of the molecule is Cc1ccc(-n2cnnc2SCC(=O)NCCCC(C)C)cc1. The number of hydrogen-bond donors (Lipinski definition) is 1. The maximum absolute atomic E-state index is 11.9. The van der Waals surface area contributed by atoms with E-state index in [4.69, 9.17) is 0 Å². The Morgan fingerprint density at radius 3 is 2.74 bits per heavy atom. The molecule has 5 nitrogen and oxygen atoms in total. The van der Waals surface area contributed by atoms with Gasteiger partial charge in [-0.25, -0.2) is 0 Å². The Kier molecular flexibility index (Phi) is 6.65. The maximum atomic E-state index is 11.9. The molecule has 1 N–H and O–H groups in total. The highest BCUT2D eigenvalue weighted by atomic mass is 32.2. The Bertz CT molecular complexity index is 622. The molecule has 0 saturated carbocycles. The smallest absolute Gasteiger partial charge is 0.230 e. The molecule has 0 radical (unpaired) electrons. The molecular weight excluding hydrogens is 308 g/mol. The molecule has 1 aromatic carbocycles. The molecule has 0 fully saturated rings. The molecule has 0 unspecified atom stereocenters. The summed E-state index contributed by atoms with van der Waals surface area (Å²) in [5.41, 5.74) is 2.21. The quantitative estimate of drug-likeness (QED) is 0.595. The zero-order valence-corrected chi connectivity index (χ0v) is 14.8. The van der Waals surface area contributed by atoms with Crippen molar-refractivity contribution in [2.45, 2.75) is 38.8 Å². The van der Waals surface area contributed by atoms with Crippen molar-refractivity contribution in [3.8, 4) is 5.69 Å². The van der Waals surface area contributed by atoms with Crippen molar-refractivity contribution in [3.63, 3.8) is 0 Å². The summed E-state index contributed by atoms with van der Waals surface area (Å²) in [6.07, 6.45) is 3.83. The monoisotopic (exact) mass is 332 g/mol. The van der Waals surface area contributed by atoms with Gasteiger partial charge in [0, 0.05) is 12.2 Å². The lowest BCUT2D eigenvalue weighted by Crippen LogP contribution is -2.26. The number of hydrogen-bond acceptors (Lipinski definition) is 4. The normalized spacial score (nSPS) is 11.0. The van der Waals surface area contributed by atoms with Crippen LogP contribution >= 0.6 is 11.8 Å². The molecule has 0 bridgehead atoms. The number of benzene rings is 1. The van der Waals surface area contributed by atoms with Crippen LogP contribution in [0, 0.1) is 12.8 Å². The van der Waals surface area contributed by atoms with E-state index in [9.17, 15) is 4.79 Å². The maximum Gasteiger partial charge on any atom is 0.230 e. The molecule has 0 aliphatic rings. The molecule has 1 aromatic heterocycles. The van der Waals surface area contributed by atoms with Gasteiger partial charge in [-0.3, -0.25) is 9.36 Å². The third-order valence-electron chi connectivity index (χ3n) is 3.44. The van der Waals surface area contributed by atoms with Crippen molar-refractivity contribution in [2.75, 3.05) is 12.3 Å². The summed E-state index contributed by atoms with van der Waals surface area (Å²) in [6, 6.07) is 8.14. The van der Waals surface area contributed by atoms with Gasteiger partial charge in [0.1, 0.15) is 6.33 Å². The summed E-state index contributed by atoms with van der Waals surface area (Å²) in [7, 11) is 0. The summed E-state index contributed by atoms with van der Waals surface area (Å²) < 4.78 is 1.90. The van der Waals surface area contributed by atoms with Crippen LogP contribution in [0.1, 0.15) is 32.3 Å². The third kappa shape index (κ3) is 5.71. The second kappa shape index (κ2) is 8.72. The summed E-state index contributed by atoms with van der Waals surface area (Å²) in [6.45, 7) is 7.17. The first kappa shape index (κ1) is 17.5. The number of carbonyl (C=O) groups excluding carboxylic acids is 1. The number of carbonyl (C=O) groups is 1. The van der Waals surface area contributed by atoms with Gasteiger partial charge in [-0.1, -0.05) is 43.3 Å². The summed E-state index contributed by atoms with van der Waals surface area (Å²) in [4.78, 5) is 11.9. The van der Waals surface area contributed by atoms with Crippen LogP contribution in [0.15, 0.2) is 35.7 Å². The van der Waals surface area contributed by atoms with Crippen LogP contribution in [-0.4, -0.2) is 33.0 Å². The molecule has 1 amide bonds. The predicted molar refractivity (Wildman–Crippen MR) is 93.9 cm³/mol. The molecule has 2 aromatic rings. The third-order valence-corrected chi connectivity index (χ3v) is 4.38. The molecule has 0 aliphatic heterocycles. The largest absolute Gasteiger partial charge is 0.355 e. The fraction of sp³-hybridized carbons (Fsp3) is 0.471. The topological polar surface area (TPSA) is 59.8 Å². The van der Waals surface area contributed by atoms with Gasteiger partial charge < -0.3 is 5.32 Å². The minimum atomic E-state index is 0.0391. The predicted octanol–water partition coefficient (Wildman–Crippen LogP) is 3.22.